The van der Waals surface area contributed by atoms with Gasteiger partial charge in [-0.2, -0.15) is 0 Å². The fourth-order valence-corrected chi connectivity index (χ4v) is 2.07. The van der Waals surface area contributed by atoms with Crippen LogP contribution >= 0.6 is 0 Å². The number of Topliss-reactive ketones (excluding diaryl/α,β-unsaturated/α-hetero) is 2. The Labute approximate surface area is 105 Å². The van der Waals surface area contributed by atoms with E-state index in [9.17, 15) is 9.59 Å². The van der Waals surface area contributed by atoms with Gasteiger partial charge in [0.1, 0.15) is 0 Å². The molecule has 94 valence electrons. The Hall–Kier alpha value is -1.78. The molecule has 0 unspecified atom stereocenters. The van der Waals surface area contributed by atoms with Gasteiger partial charge in [-0.25, -0.2) is 0 Å². The molecule has 0 saturated heterocycles. The molecule has 0 spiro atoms. The van der Waals surface area contributed by atoms with Crippen molar-refractivity contribution in [3.8, 4) is 0 Å². The number of rotatable bonds is 4. The van der Waals surface area contributed by atoms with E-state index in [0.29, 0.717) is 22.3 Å². The highest BCUT2D eigenvalue weighted by atomic mass is 16.5. The first-order chi connectivity index (χ1) is 8.70. The van der Waals surface area contributed by atoms with Gasteiger partial charge in [-0.1, -0.05) is 24.3 Å². The molecule has 0 bridgehead atoms. The monoisotopic (exact) mass is 246 g/mol. The fraction of sp³-hybridized carbons (Fsp3) is 0.286. The maximum atomic E-state index is 12.3. The first kappa shape index (κ1) is 12.7. The van der Waals surface area contributed by atoms with Crippen LogP contribution in [0, 0.1) is 0 Å². The first-order valence-electron chi connectivity index (χ1n) is 5.59. The Morgan fingerprint density at radius 3 is 1.56 bits per heavy atom. The molecule has 1 aromatic carbocycles. The highest BCUT2D eigenvalue weighted by Gasteiger charge is 2.31. The summed E-state index contributed by atoms with van der Waals surface area (Å²) >= 11 is 0. The molecular formula is C14H14O4. The lowest BCUT2D eigenvalue weighted by atomic mass is 9.84. The van der Waals surface area contributed by atoms with Crippen molar-refractivity contribution in [1.82, 2.24) is 0 Å². The van der Waals surface area contributed by atoms with Crippen molar-refractivity contribution in [2.45, 2.75) is 0 Å². The van der Waals surface area contributed by atoms with Gasteiger partial charge < -0.3 is 9.47 Å². The Balaban J connectivity index is 2.56. The maximum Gasteiger partial charge on any atom is 0.192 e. The Morgan fingerprint density at radius 1 is 0.833 bits per heavy atom. The minimum atomic E-state index is -0.154. The SMILES string of the molecule is COCC1=C(COC)C(=O)c2ccccc2C1=O. The number of carbonyl (C=O) groups excluding carboxylic acids is 2. The van der Waals surface area contributed by atoms with Crippen LogP contribution in [0.25, 0.3) is 0 Å². The van der Waals surface area contributed by atoms with Crippen molar-refractivity contribution in [2.24, 2.45) is 0 Å². The van der Waals surface area contributed by atoms with Crippen LogP contribution in [-0.2, 0) is 9.47 Å². The Kier molecular flexibility index (Phi) is 3.69. The molecule has 18 heavy (non-hydrogen) atoms. The van der Waals surface area contributed by atoms with E-state index >= 15 is 0 Å². The summed E-state index contributed by atoms with van der Waals surface area (Å²) in [5.41, 5.74) is 1.66. The minimum Gasteiger partial charge on any atom is -0.380 e. The van der Waals surface area contributed by atoms with Crippen molar-refractivity contribution < 1.29 is 19.1 Å². The van der Waals surface area contributed by atoms with Crippen LogP contribution < -0.4 is 0 Å². The number of fused-ring (bicyclic) bond motifs is 1. The van der Waals surface area contributed by atoms with Crippen LogP contribution in [0.2, 0.25) is 0 Å². The van der Waals surface area contributed by atoms with Crippen LogP contribution in [0.4, 0.5) is 0 Å². The summed E-state index contributed by atoms with van der Waals surface area (Å²) < 4.78 is 10.0. The van der Waals surface area contributed by atoms with E-state index in [-0.39, 0.29) is 24.8 Å². The van der Waals surface area contributed by atoms with E-state index in [4.69, 9.17) is 9.47 Å². The van der Waals surface area contributed by atoms with E-state index in [1.54, 1.807) is 24.3 Å². The zero-order valence-corrected chi connectivity index (χ0v) is 10.4. The lowest BCUT2D eigenvalue weighted by Crippen LogP contribution is -2.26. The molecule has 2 rings (SSSR count). The van der Waals surface area contributed by atoms with Crippen molar-refractivity contribution in [3.63, 3.8) is 0 Å². The van der Waals surface area contributed by atoms with Crippen LogP contribution in [0.1, 0.15) is 20.7 Å². The van der Waals surface area contributed by atoms with E-state index in [1.807, 2.05) is 0 Å². The molecule has 0 aliphatic heterocycles. The fourth-order valence-electron chi connectivity index (χ4n) is 2.07. The summed E-state index contributed by atoms with van der Waals surface area (Å²) in [5.74, 6) is -0.307. The van der Waals surface area contributed by atoms with E-state index in [1.165, 1.54) is 14.2 Å². The molecule has 0 amide bonds. The Morgan fingerprint density at radius 2 is 1.22 bits per heavy atom. The zero-order chi connectivity index (χ0) is 13.1. The number of hydrogen-bond acceptors (Lipinski definition) is 4. The van der Waals surface area contributed by atoms with Gasteiger partial charge >= 0.3 is 0 Å². The normalized spacial score (nSPS) is 15.0. The highest BCUT2D eigenvalue weighted by molar-refractivity contribution is 6.27. The number of ketones is 2. The second-order valence-electron chi connectivity index (χ2n) is 4.03. The molecule has 1 aliphatic rings. The first-order valence-corrected chi connectivity index (χ1v) is 5.59. The van der Waals surface area contributed by atoms with Gasteiger partial charge in [-0.05, 0) is 0 Å². The smallest absolute Gasteiger partial charge is 0.192 e. The molecule has 0 atom stereocenters. The lowest BCUT2D eigenvalue weighted by molar-refractivity contribution is 0.0934. The molecule has 0 heterocycles. The number of methoxy groups -OCH3 is 2. The molecule has 1 aromatic rings. The van der Waals surface area contributed by atoms with Gasteiger partial charge in [0.15, 0.2) is 11.6 Å². The molecule has 0 saturated carbocycles. The quantitative estimate of drug-likeness (QED) is 0.810. The predicted molar refractivity (Wildman–Crippen MR) is 65.9 cm³/mol. The minimum absolute atomic E-state index is 0.123. The maximum absolute atomic E-state index is 12.3. The lowest BCUT2D eigenvalue weighted by Gasteiger charge is -2.20. The second-order valence-corrected chi connectivity index (χ2v) is 4.03. The number of benzene rings is 1. The summed E-state index contributed by atoms with van der Waals surface area (Å²) in [6, 6.07) is 6.81. The number of ether oxygens (including phenoxy) is 2. The Bertz CT molecular complexity index is 481. The molecule has 4 nitrogen and oxygen atoms in total. The van der Waals surface area contributed by atoms with E-state index < -0.39 is 0 Å². The standard InChI is InChI=1S/C14H14O4/c1-17-7-11-12(8-18-2)14(16)10-6-4-3-5-9(10)13(11)15/h3-6H,7-8H2,1-2H3. The third kappa shape index (κ3) is 2.00. The van der Waals surface area contributed by atoms with E-state index in [0.717, 1.165) is 0 Å². The van der Waals surface area contributed by atoms with Crippen LogP contribution in [0.5, 0.6) is 0 Å². The summed E-state index contributed by atoms with van der Waals surface area (Å²) in [5, 5.41) is 0. The molecule has 0 aromatic heterocycles. The molecular weight excluding hydrogens is 232 g/mol. The number of hydrogen-bond donors (Lipinski definition) is 0. The average Bonchev–Trinajstić information content (AvgIpc) is 2.40. The third-order valence-corrected chi connectivity index (χ3v) is 2.91. The summed E-state index contributed by atoms with van der Waals surface area (Å²) in [7, 11) is 2.99. The van der Waals surface area contributed by atoms with Crippen LogP contribution in [0.15, 0.2) is 35.4 Å². The zero-order valence-electron chi connectivity index (χ0n) is 10.4. The van der Waals surface area contributed by atoms with Crippen molar-refractivity contribution >= 4 is 11.6 Å². The highest BCUT2D eigenvalue weighted by Crippen LogP contribution is 2.26. The van der Waals surface area contributed by atoms with Crippen molar-refractivity contribution in [3.05, 3.63) is 46.5 Å². The van der Waals surface area contributed by atoms with Gasteiger partial charge in [0.2, 0.25) is 0 Å². The molecule has 4 heteroatoms. The van der Waals surface area contributed by atoms with Crippen LogP contribution in [0.3, 0.4) is 0 Å². The summed E-state index contributed by atoms with van der Waals surface area (Å²) in [6.45, 7) is 0.245. The number of carbonyl (C=O) groups is 2. The average molecular weight is 246 g/mol. The second kappa shape index (κ2) is 5.25. The largest absolute Gasteiger partial charge is 0.380 e. The molecule has 1 aliphatic carbocycles. The summed E-state index contributed by atoms with van der Waals surface area (Å²) in [4.78, 5) is 24.6. The van der Waals surface area contributed by atoms with Gasteiger partial charge in [-0.3, -0.25) is 9.59 Å². The van der Waals surface area contributed by atoms with Gasteiger partial charge in [0, 0.05) is 36.5 Å². The van der Waals surface area contributed by atoms with Crippen LogP contribution in [-0.4, -0.2) is 39.0 Å². The topological polar surface area (TPSA) is 52.6 Å². The molecule has 0 fully saturated rings. The van der Waals surface area contributed by atoms with Crippen molar-refractivity contribution in [2.75, 3.05) is 27.4 Å². The molecule has 0 radical (unpaired) electrons. The molecule has 0 N–H and O–H groups in total. The summed E-state index contributed by atoms with van der Waals surface area (Å²) in [6.07, 6.45) is 0. The van der Waals surface area contributed by atoms with Gasteiger partial charge in [-0.15, -0.1) is 0 Å². The van der Waals surface area contributed by atoms with Gasteiger partial charge in [0.25, 0.3) is 0 Å². The van der Waals surface area contributed by atoms with Gasteiger partial charge in [0.05, 0.1) is 13.2 Å². The predicted octanol–water partition coefficient (Wildman–Crippen LogP) is 1.66. The van der Waals surface area contributed by atoms with E-state index in [2.05, 4.69) is 0 Å². The third-order valence-electron chi connectivity index (χ3n) is 2.91. The van der Waals surface area contributed by atoms with Crippen molar-refractivity contribution in [1.29, 1.82) is 0 Å².